The van der Waals surface area contributed by atoms with E-state index in [1.807, 2.05) is 6.07 Å². The van der Waals surface area contributed by atoms with Gasteiger partial charge in [0, 0.05) is 17.4 Å². The minimum absolute atomic E-state index is 0.116. The van der Waals surface area contributed by atoms with Crippen LogP contribution in [-0.2, 0) is 0 Å². The molecule has 3 aromatic rings. The second-order valence-corrected chi connectivity index (χ2v) is 5.46. The number of anilines is 3. The van der Waals surface area contributed by atoms with Crippen LogP contribution in [0, 0.1) is 5.82 Å². The van der Waals surface area contributed by atoms with Crippen molar-refractivity contribution < 1.29 is 18.7 Å². The second kappa shape index (κ2) is 6.67. The molecule has 2 aromatic carbocycles. The third-order valence-electron chi connectivity index (χ3n) is 3.62. The first-order chi connectivity index (χ1) is 12.7. The molecule has 8 heteroatoms. The van der Waals surface area contributed by atoms with E-state index in [1.165, 1.54) is 24.3 Å². The predicted molar refractivity (Wildman–Crippen MR) is 92.2 cm³/mol. The number of nitrogens with zero attached hydrogens (tertiary/aromatic N) is 2. The van der Waals surface area contributed by atoms with Crippen LogP contribution in [0.25, 0.3) is 0 Å². The summed E-state index contributed by atoms with van der Waals surface area (Å²) in [5.41, 5.74) is 1.21. The Morgan fingerprint density at radius 2 is 1.85 bits per heavy atom. The van der Waals surface area contributed by atoms with Crippen LogP contribution in [-0.4, -0.2) is 22.9 Å². The van der Waals surface area contributed by atoms with Crippen molar-refractivity contribution in [2.75, 3.05) is 17.4 Å². The van der Waals surface area contributed by atoms with E-state index in [1.54, 1.807) is 24.3 Å². The van der Waals surface area contributed by atoms with Gasteiger partial charge < -0.3 is 20.1 Å². The van der Waals surface area contributed by atoms with Crippen molar-refractivity contribution in [1.82, 2.24) is 10.2 Å². The van der Waals surface area contributed by atoms with Crippen molar-refractivity contribution in [3.8, 4) is 11.5 Å². The molecule has 4 rings (SSSR count). The van der Waals surface area contributed by atoms with Crippen molar-refractivity contribution in [2.24, 2.45) is 0 Å². The highest BCUT2D eigenvalue weighted by Gasteiger charge is 2.14. The molecule has 0 saturated carbocycles. The number of halogens is 1. The van der Waals surface area contributed by atoms with Gasteiger partial charge in [-0.05, 0) is 42.5 Å². The first-order valence-corrected chi connectivity index (χ1v) is 7.75. The molecular weight excluding hydrogens is 339 g/mol. The van der Waals surface area contributed by atoms with Gasteiger partial charge in [-0.2, -0.15) is 0 Å². The van der Waals surface area contributed by atoms with Crippen molar-refractivity contribution in [3.63, 3.8) is 0 Å². The fourth-order valence-corrected chi connectivity index (χ4v) is 2.40. The smallest absolute Gasteiger partial charge is 0.276 e. The molecular formula is C18H13FN4O3. The SMILES string of the molecule is O=C(Nc1cccc(F)c1)c1ccc(Nc2ccc3c(c2)OCO3)nn1. The number of aromatic nitrogens is 2. The van der Waals surface area contributed by atoms with E-state index in [0.717, 1.165) is 5.69 Å². The lowest BCUT2D eigenvalue weighted by atomic mass is 10.2. The number of fused-ring (bicyclic) bond motifs is 1. The Morgan fingerprint density at radius 1 is 0.962 bits per heavy atom. The van der Waals surface area contributed by atoms with Gasteiger partial charge in [0.1, 0.15) is 5.82 Å². The average Bonchev–Trinajstić information content (AvgIpc) is 3.10. The van der Waals surface area contributed by atoms with Crippen LogP contribution in [0.15, 0.2) is 54.6 Å². The minimum Gasteiger partial charge on any atom is -0.454 e. The number of ether oxygens (including phenoxy) is 2. The van der Waals surface area contributed by atoms with E-state index in [0.29, 0.717) is 23.0 Å². The molecule has 1 aromatic heterocycles. The summed E-state index contributed by atoms with van der Waals surface area (Å²) in [6, 6.07) is 14.2. The molecule has 0 spiro atoms. The molecule has 0 atom stereocenters. The number of hydrogen-bond acceptors (Lipinski definition) is 6. The van der Waals surface area contributed by atoms with Crippen LogP contribution in [0.4, 0.5) is 21.6 Å². The molecule has 2 heterocycles. The van der Waals surface area contributed by atoms with Crippen LogP contribution in [0.5, 0.6) is 11.5 Å². The lowest BCUT2D eigenvalue weighted by Gasteiger charge is -2.07. The Morgan fingerprint density at radius 3 is 2.65 bits per heavy atom. The average molecular weight is 352 g/mol. The van der Waals surface area contributed by atoms with Crippen LogP contribution < -0.4 is 20.1 Å². The van der Waals surface area contributed by atoms with Crippen molar-refractivity contribution in [3.05, 3.63) is 66.1 Å². The highest BCUT2D eigenvalue weighted by molar-refractivity contribution is 6.02. The summed E-state index contributed by atoms with van der Waals surface area (Å²) >= 11 is 0. The Labute approximate surface area is 147 Å². The monoisotopic (exact) mass is 352 g/mol. The molecule has 0 saturated heterocycles. The van der Waals surface area contributed by atoms with Crippen LogP contribution >= 0.6 is 0 Å². The molecule has 0 aliphatic carbocycles. The third-order valence-corrected chi connectivity index (χ3v) is 3.62. The van der Waals surface area contributed by atoms with Crippen LogP contribution in [0.1, 0.15) is 10.5 Å². The maximum absolute atomic E-state index is 13.2. The van der Waals surface area contributed by atoms with Gasteiger partial charge in [-0.25, -0.2) is 4.39 Å². The Kier molecular flexibility index (Phi) is 4.06. The second-order valence-electron chi connectivity index (χ2n) is 5.46. The summed E-state index contributed by atoms with van der Waals surface area (Å²) < 4.78 is 23.7. The number of rotatable bonds is 4. The number of nitrogens with one attached hydrogen (secondary N) is 2. The van der Waals surface area contributed by atoms with Gasteiger partial charge in [-0.1, -0.05) is 6.07 Å². The van der Waals surface area contributed by atoms with Crippen molar-refractivity contribution in [1.29, 1.82) is 0 Å². The largest absolute Gasteiger partial charge is 0.454 e. The van der Waals surface area contributed by atoms with E-state index < -0.39 is 11.7 Å². The van der Waals surface area contributed by atoms with Gasteiger partial charge in [0.25, 0.3) is 5.91 Å². The Balaban J connectivity index is 1.44. The molecule has 130 valence electrons. The van der Waals surface area contributed by atoms with Crippen LogP contribution in [0.3, 0.4) is 0 Å². The minimum atomic E-state index is -0.474. The zero-order valence-electron chi connectivity index (χ0n) is 13.4. The summed E-state index contributed by atoms with van der Waals surface area (Å²) in [7, 11) is 0. The van der Waals surface area contributed by atoms with Crippen molar-refractivity contribution in [2.45, 2.75) is 0 Å². The Bertz CT molecular complexity index is 963. The predicted octanol–water partition coefficient (Wildman–Crippen LogP) is 3.34. The van der Waals surface area contributed by atoms with Gasteiger partial charge in [0.2, 0.25) is 6.79 Å². The summed E-state index contributed by atoms with van der Waals surface area (Å²) in [6.45, 7) is 0.202. The van der Waals surface area contributed by atoms with E-state index in [9.17, 15) is 9.18 Å². The first kappa shape index (κ1) is 15.8. The van der Waals surface area contributed by atoms with Gasteiger partial charge in [-0.3, -0.25) is 4.79 Å². The normalized spacial score (nSPS) is 11.9. The quantitative estimate of drug-likeness (QED) is 0.749. The highest BCUT2D eigenvalue weighted by Crippen LogP contribution is 2.34. The topological polar surface area (TPSA) is 85.4 Å². The van der Waals surface area contributed by atoms with E-state index >= 15 is 0 Å². The molecule has 7 nitrogen and oxygen atoms in total. The molecule has 1 aliphatic heterocycles. The van der Waals surface area contributed by atoms with E-state index in [-0.39, 0.29) is 12.5 Å². The summed E-state index contributed by atoms with van der Waals surface area (Å²) in [6.07, 6.45) is 0. The number of amides is 1. The maximum Gasteiger partial charge on any atom is 0.276 e. The summed E-state index contributed by atoms with van der Waals surface area (Å²) in [5.74, 6) is 0.890. The van der Waals surface area contributed by atoms with Crippen molar-refractivity contribution >= 4 is 23.1 Å². The van der Waals surface area contributed by atoms with Gasteiger partial charge in [-0.15, -0.1) is 10.2 Å². The van der Waals surface area contributed by atoms with Crippen LogP contribution in [0.2, 0.25) is 0 Å². The lowest BCUT2D eigenvalue weighted by Crippen LogP contribution is -2.14. The molecule has 2 N–H and O–H groups in total. The van der Waals surface area contributed by atoms with Gasteiger partial charge in [0.05, 0.1) is 0 Å². The number of hydrogen-bond donors (Lipinski definition) is 2. The lowest BCUT2D eigenvalue weighted by molar-refractivity contribution is 0.102. The zero-order chi connectivity index (χ0) is 17.9. The molecule has 1 aliphatic rings. The first-order valence-electron chi connectivity index (χ1n) is 7.75. The maximum atomic E-state index is 13.2. The summed E-state index contributed by atoms with van der Waals surface area (Å²) in [5, 5.41) is 13.5. The molecule has 0 fully saturated rings. The number of benzene rings is 2. The fourth-order valence-electron chi connectivity index (χ4n) is 2.40. The number of carbonyl (C=O) groups is 1. The third kappa shape index (κ3) is 3.39. The molecule has 0 radical (unpaired) electrons. The molecule has 0 unspecified atom stereocenters. The summed E-state index contributed by atoms with van der Waals surface area (Å²) in [4.78, 5) is 12.1. The van der Waals surface area contributed by atoms with Gasteiger partial charge in [0.15, 0.2) is 23.0 Å². The van der Waals surface area contributed by atoms with E-state index in [4.69, 9.17) is 9.47 Å². The zero-order valence-corrected chi connectivity index (χ0v) is 13.4. The highest BCUT2D eigenvalue weighted by atomic mass is 19.1. The van der Waals surface area contributed by atoms with E-state index in [2.05, 4.69) is 20.8 Å². The molecule has 26 heavy (non-hydrogen) atoms. The van der Waals surface area contributed by atoms with Gasteiger partial charge >= 0.3 is 0 Å². The Hall–Kier alpha value is -3.68. The standard InChI is InChI=1S/C18H13FN4O3/c19-11-2-1-3-12(8-11)21-18(24)14-5-7-17(23-22-14)20-13-4-6-15-16(9-13)26-10-25-15/h1-9H,10H2,(H,20,23)(H,21,24). The molecule has 0 bridgehead atoms. The fraction of sp³-hybridized carbons (Fsp3) is 0.0556. The molecule has 1 amide bonds. The number of carbonyl (C=O) groups excluding carboxylic acids is 1.